The van der Waals surface area contributed by atoms with Crippen LogP contribution in [0, 0.1) is 29.1 Å². The summed E-state index contributed by atoms with van der Waals surface area (Å²) in [6, 6.07) is 1.79. The molecule has 1 fully saturated rings. The van der Waals surface area contributed by atoms with E-state index >= 15 is 0 Å². The van der Waals surface area contributed by atoms with Crippen LogP contribution in [0.4, 0.5) is 5.69 Å². The molecule has 1 aliphatic carbocycles. The predicted molar refractivity (Wildman–Crippen MR) is 135 cm³/mol. The molecular formula is C25H38NO5PS. The zero-order valence-electron chi connectivity index (χ0n) is 21.0. The van der Waals surface area contributed by atoms with Crippen molar-refractivity contribution in [1.29, 1.82) is 0 Å². The van der Waals surface area contributed by atoms with Crippen molar-refractivity contribution < 1.29 is 23.4 Å². The van der Waals surface area contributed by atoms with E-state index in [1.165, 1.54) is 18.4 Å². The van der Waals surface area contributed by atoms with Gasteiger partial charge in [-0.25, -0.2) is 4.79 Å². The summed E-state index contributed by atoms with van der Waals surface area (Å²) in [6.45, 7) is 12.2. The van der Waals surface area contributed by atoms with Crippen LogP contribution < -0.4 is 4.90 Å². The number of thiophene rings is 1. The molecule has 2 rings (SSSR count). The normalized spacial score (nSPS) is 20.3. The number of rotatable bonds is 8. The van der Waals surface area contributed by atoms with Gasteiger partial charge in [-0.2, -0.15) is 0 Å². The molecule has 0 aromatic carbocycles. The molecule has 6 nitrogen and oxygen atoms in total. The van der Waals surface area contributed by atoms with Crippen molar-refractivity contribution in [3.63, 3.8) is 0 Å². The van der Waals surface area contributed by atoms with Crippen LogP contribution in [0.2, 0.25) is 0 Å². The van der Waals surface area contributed by atoms with E-state index in [0.717, 1.165) is 25.7 Å². The number of anilines is 1. The molecule has 8 heteroatoms. The molecule has 1 heterocycles. The van der Waals surface area contributed by atoms with Gasteiger partial charge in [-0.15, -0.1) is 11.3 Å². The number of methoxy groups -OCH3 is 1. The van der Waals surface area contributed by atoms with Crippen molar-refractivity contribution in [3.8, 4) is 11.8 Å². The average molecular weight is 496 g/mol. The molecule has 1 amide bonds. The van der Waals surface area contributed by atoms with E-state index in [9.17, 15) is 14.2 Å². The molecule has 0 radical (unpaired) electrons. The van der Waals surface area contributed by atoms with Gasteiger partial charge in [-0.05, 0) is 65.4 Å². The Morgan fingerprint density at radius 1 is 1.24 bits per heavy atom. The lowest BCUT2D eigenvalue weighted by Crippen LogP contribution is -2.40. The molecule has 1 saturated carbocycles. The molecule has 1 aromatic heterocycles. The molecule has 0 aliphatic heterocycles. The summed E-state index contributed by atoms with van der Waals surface area (Å²) in [4.78, 5) is 29.0. The minimum Gasteiger partial charge on any atom is -0.465 e. The number of carbonyl (C=O) groups is 2. The Kier molecular flexibility index (Phi) is 9.79. The highest BCUT2D eigenvalue weighted by Crippen LogP contribution is 2.43. The topological polar surface area (TPSA) is 72.9 Å². The minimum atomic E-state index is -2.86. The Hall–Kier alpha value is -1.61. The van der Waals surface area contributed by atoms with Crippen molar-refractivity contribution in [3.05, 3.63) is 15.8 Å². The third-order valence-corrected chi connectivity index (χ3v) is 8.53. The number of hydrogen-bond donors (Lipinski definition) is 0. The van der Waals surface area contributed by atoms with Gasteiger partial charge in [-0.1, -0.05) is 18.8 Å². The second-order valence-corrected chi connectivity index (χ2v) is 13.7. The fourth-order valence-electron chi connectivity index (χ4n) is 3.83. The molecule has 1 aliphatic rings. The van der Waals surface area contributed by atoms with Crippen LogP contribution in [0.25, 0.3) is 0 Å². The third-order valence-electron chi connectivity index (χ3n) is 5.70. The maximum atomic E-state index is 13.7. The van der Waals surface area contributed by atoms with Crippen LogP contribution in [-0.4, -0.2) is 45.0 Å². The first-order chi connectivity index (χ1) is 15.4. The van der Waals surface area contributed by atoms with E-state index in [1.54, 1.807) is 24.6 Å². The van der Waals surface area contributed by atoms with Crippen LogP contribution >= 0.6 is 18.7 Å². The van der Waals surface area contributed by atoms with Gasteiger partial charge in [0, 0.05) is 30.7 Å². The lowest BCUT2D eigenvalue weighted by atomic mass is 9.82. The van der Waals surface area contributed by atoms with Crippen molar-refractivity contribution in [1.82, 2.24) is 0 Å². The van der Waals surface area contributed by atoms with Gasteiger partial charge >= 0.3 is 5.97 Å². The summed E-state index contributed by atoms with van der Waals surface area (Å²) in [5, 5.41) is 0. The third kappa shape index (κ3) is 8.28. The monoisotopic (exact) mass is 495 g/mol. The highest BCUT2D eigenvalue weighted by molar-refractivity contribution is 7.58. The Balaban J connectivity index is 2.47. The molecule has 0 bridgehead atoms. The molecule has 184 valence electrons. The van der Waals surface area contributed by atoms with E-state index in [4.69, 9.17) is 9.26 Å². The van der Waals surface area contributed by atoms with Gasteiger partial charge in [0.2, 0.25) is 13.3 Å². The van der Waals surface area contributed by atoms with Crippen molar-refractivity contribution >= 4 is 36.3 Å². The summed E-state index contributed by atoms with van der Waals surface area (Å²) in [7, 11) is -1.54. The van der Waals surface area contributed by atoms with Gasteiger partial charge in [0.1, 0.15) is 4.88 Å². The molecule has 0 saturated heterocycles. The van der Waals surface area contributed by atoms with Crippen LogP contribution in [0.15, 0.2) is 6.07 Å². The van der Waals surface area contributed by atoms with Crippen LogP contribution in [0.1, 0.15) is 74.9 Å². The standard InChI is InChI=1S/C25H38NO5PS/c1-8-31-32(7,29)16-15-26(23(27)19-11-9-18(2)10-12-19)21-17-20(13-14-25(3,4)5)33-22(21)24(28)30-6/h17-19H,8-12,15-16H2,1-7H3. The van der Waals surface area contributed by atoms with E-state index in [2.05, 4.69) is 18.8 Å². The Morgan fingerprint density at radius 2 is 1.88 bits per heavy atom. The van der Waals surface area contributed by atoms with Crippen molar-refractivity contribution in [2.45, 2.75) is 60.3 Å². The lowest BCUT2D eigenvalue weighted by Gasteiger charge is -2.31. The SMILES string of the molecule is CCOP(C)(=O)CCN(C(=O)C1CCC(C)CC1)c1cc(C#CC(C)(C)C)sc1C(=O)OC. The Bertz CT molecular complexity index is 944. The highest BCUT2D eigenvalue weighted by Gasteiger charge is 2.33. The molecule has 1 unspecified atom stereocenters. The molecule has 33 heavy (non-hydrogen) atoms. The fraction of sp³-hybridized carbons (Fsp3) is 0.680. The first kappa shape index (κ1) is 27.6. The maximum Gasteiger partial charge on any atom is 0.350 e. The highest BCUT2D eigenvalue weighted by atomic mass is 32.1. The van der Waals surface area contributed by atoms with Crippen LogP contribution in [-0.2, 0) is 18.6 Å². The summed E-state index contributed by atoms with van der Waals surface area (Å²) >= 11 is 1.23. The van der Waals surface area contributed by atoms with Crippen LogP contribution in [0.5, 0.6) is 0 Å². The molecule has 0 spiro atoms. The smallest absolute Gasteiger partial charge is 0.350 e. The number of carbonyl (C=O) groups excluding carboxylic acids is 2. The predicted octanol–water partition coefficient (Wildman–Crippen LogP) is 6.04. The van der Waals surface area contributed by atoms with E-state index in [1.807, 2.05) is 20.8 Å². The first-order valence-corrected chi connectivity index (χ1v) is 14.7. The summed E-state index contributed by atoms with van der Waals surface area (Å²) in [5.74, 6) is 6.29. The molecule has 1 aromatic rings. The molecular weight excluding hydrogens is 457 g/mol. The van der Waals surface area contributed by atoms with Crippen molar-refractivity contribution in [2.75, 3.05) is 38.0 Å². The number of amides is 1. The second-order valence-electron chi connectivity index (χ2n) is 9.92. The number of nitrogens with zero attached hydrogens (tertiary/aromatic N) is 1. The quantitative estimate of drug-likeness (QED) is 0.250. The zero-order chi connectivity index (χ0) is 24.8. The average Bonchev–Trinajstić information content (AvgIpc) is 3.15. The number of ether oxygens (including phenoxy) is 1. The van der Waals surface area contributed by atoms with Gasteiger partial charge in [0.05, 0.1) is 24.3 Å². The van der Waals surface area contributed by atoms with Gasteiger partial charge < -0.3 is 14.2 Å². The van der Waals surface area contributed by atoms with Gasteiger partial charge in [0.15, 0.2) is 0 Å². The van der Waals surface area contributed by atoms with E-state index in [0.29, 0.717) is 28.0 Å². The number of esters is 1. The second kappa shape index (κ2) is 11.7. The summed E-state index contributed by atoms with van der Waals surface area (Å²) < 4.78 is 23.3. The van der Waals surface area contributed by atoms with E-state index < -0.39 is 13.3 Å². The van der Waals surface area contributed by atoms with Crippen LogP contribution in [0.3, 0.4) is 0 Å². The van der Waals surface area contributed by atoms with Crippen molar-refractivity contribution in [2.24, 2.45) is 17.3 Å². The lowest BCUT2D eigenvalue weighted by molar-refractivity contribution is -0.123. The largest absolute Gasteiger partial charge is 0.465 e. The Morgan fingerprint density at radius 3 is 2.42 bits per heavy atom. The first-order valence-electron chi connectivity index (χ1n) is 11.6. The summed E-state index contributed by atoms with van der Waals surface area (Å²) in [6.07, 6.45) is 3.87. The minimum absolute atomic E-state index is 0.0308. The summed E-state index contributed by atoms with van der Waals surface area (Å²) in [5.41, 5.74) is 0.293. The van der Waals surface area contributed by atoms with Gasteiger partial charge in [-0.3, -0.25) is 9.36 Å². The van der Waals surface area contributed by atoms with E-state index in [-0.39, 0.29) is 29.9 Å². The fourth-order valence-corrected chi connectivity index (χ4v) is 6.00. The van der Waals surface area contributed by atoms with Gasteiger partial charge in [0.25, 0.3) is 0 Å². The number of hydrogen-bond acceptors (Lipinski definition) is 6. The molecule has 0 N–H and O–H groups in total. The maximum absolute atomic E-state index is 13.7. The Labute approximate surface area is 202 Å². The molecule has 1 atom stereocenters. The zero-order valence-corrected chi connectivity index (χ0v) is 22.7.